The van der Waals surface area contributed by atoms with Crippen molar-refractivity contribution in [2.45, 2.75) is 19.9 Å². The number of hydrogen-bond donors (Lipinski definition) is 1. The first-order valence-electron chi connectivity index (χ1n) is 6.51. The summed E-state index contributed by atoms with van der Waals surface area (Å²) in [6, 6.07) is 14.4. The van der Waals surface area contributed by atoms with Gasteiger partial charge in [-0.2, -0.15) is 0 Å². The molecule has 0 bridgehead atoms. The Morgan fingerprint density at radius 2 is 1.90 bits per heavy atom. The molecule has 0 radical (unpaired) electrons. The van der Waals surface area contributed by atoms with Gasteiger partial charge in [-0.15, -0.1) is 0 Å². The minimum Gasteiger partial charge on any atom is -0.355 e. The van der Waals surface area contributed by atoms with Crippen LogP contribution in [0.2, 0.25) is 5.02 Å². The molecule has 1 heterocycles. The van der Waals surface area contributed by atoms with E-state index < -0.39 is 0 Å². The van der Waals surface area contributed by atoms with Crippen molar-refractivity contribution in [3.8, 4) is 0 Å². The molecule has 1 aromatic heterocycles. The van der Waals surface area contributed by atoms with E-state index in [0.717, 1.165) is 15.7 Å². The summed E-state index contributed by atoms with van der Waals surface area (Å²) in [5.74, 6) is 0. The Bertz CT molecular complexity index is 734. The zero-order valence-electron chi connectivity index (χ0n) is 11.4. The van der Waals surface area contributed by atoms with E-state index in [1.807, 2.05) is 24.3 Å². The number of aromatic nitrogens is 1. The van der Waals surface area contributed by atoms with Crippen molar-refractivity contribution in [2.75, 3.05) is 5.32 Å². The van der Waals surface area contributed by atoms with Gasteiger partial charge in [0.15, 0.2) is 5.13 Å². The Kier molecular flexibility index (Phi) is 3.64. The maximum Gasteiger partial charge on any atom is 0.184 e. The third-order valence-corrected chi connectivity index (χ3v) is 4.53. The molecule has 0 saturated heterocycles. The van der Waals surface area contributed by atoms with E-state index in [4.69, 9.17) is 11.6 Å². The lowest BCUT2D eigenvalue weighted by atomic mass is 10.1. The number of benzene rings is 2. The molecule has 2 aromatic carbocycles. The van der Waals surface area contributed by atoms with Gasteiger partial charge in [0.05, 0.1) is 16.3 Å². The molecule has 0 amide bonds. The Morgan fingerprint density at radius 3 is 2.60 bits per heavy atom. The van der Waals surface area contributed by atoms with Crippen molar-refractivity contribution in [1.82, 2.24) is 4.98 Å². The quantitative estimate of drug-likeness (QED) is 0.697. The lowest BCUT2D eigenvalue weighted by Gasteiger charge is -2.13. The maximum absolute atomic E-state index is 5.92. The number of aryl methyl sites for hydroxylation is 1. The molecule has 2 nitrogen and oxygen atoms in total. The highest BCUT2D eigenvalue weighted by Crippen LogP contribution is 2.30. The second-order valence-corrected chi connectivity index (χ2v) is 6.33. The molecule has 0 spiro atoms. The lowest BCUT2D eigenvalue weighted by molar-refractivity contribution is 0.882. The Labute approximate surface area is 127 Å². The number of nitrogens with one attached hydrogen (secondary N) is 1. The lowest BCUT2D eigenvalue weighted by Crippen LogP contribution is -2.05. The van der Waals surface area contributed by atoms with Crippen LogP contribution in [0.25, 0.3) is 10.2 Å². The van der Waals surface area contributed by atoms with Crippen LogP contribution in [0.15, 0.2) is 42.5 Å². The van der Waals surface area contributed by atoms with E-state index in [9.17, 15) is 0 Å². The number of anilines is 1. The highest BCUT2D eigenvalue weighted by molar-refractivity contribution is 7.22. The van der Waals surface area contributed by atoms with Crippen molar-refractivity contribution in [3.63, 3.8) is 0 Å². The Morgan fingerprint density at radius 1 is 1.15 bits per heavy atom. The first kappa shape index (κ1) is 13.4. The predicted molar refractivity (Wildman–Crippen MR) is 87.8 cm³/mol. The molecule has 102 valence electrons. The van der Waals surface area contributed by atoms with Crippen LogP contribution in [0.1, 0.15) is 24.1 Å². The molecule has 0 aliphatic carbocycles. The third-order valence-electron chi connectivity index (χ3n) is 3.33. The molecular formula is C16H15ClN2S. The number of nitrogens with zero attached hydrogens (tertiary/aromatic N) is 1. The first-order chi connectivity index (χ1) is 9.63. The van der Waals surface area contributed by atoms with Gasteiger partial charge < -0.3 is 5.32 Å². The molecule has 4 heteroatoms. The van der Waals surface area contributed by atoms with Gasteiger partial charge >= 0.3 is 0 Å². The summed E-state index contributed by atoms with van der Waals surface area (Å²) in [5.41, 5.74) is 3.50. The van der Waals surface area contributed by atoms with Crippen molar-refractivity contribution in [1.29, 1.82) is 0 Å². The largest absolute Gasteiger partial charge is 0.355 e. The monoisotopic (exact) mass is 302 g/mol. The average Bonchev–Trinajstić information content (AvgIpc) is 2.83. The summed E-state index contributed by atoms with van der Waals surface area (Å²) in [6.45, 7) is 4.22. The van der Waals surface area contributed by atoms with Gasteiger partial charge in [-0.25, -0.2) is 4.98 Å². The predicted octanol–water partition coefficient (Wildman–Crippen LogP) is 5.43. The van der Waals surface area contributed by atoms with Gasteiger partial charge in [0, 0.05) is 5.02 Å². The fraction of sp³-hybridized carbons (Fsp3) is 0.188. The molecule has 3 aromatic rings. The van der Waals surface area contributed by atoms with Crippen LogP contribution in [-0.4, -0.2) is 4.98 Å². The maximum atomic E-state index is 5.92. The molecule has 0 saturated carbocycles. The number of thiazole rings is 1. The summed E-state index contributed by atoms with van der Waals surface area (Å²) in [6.07, 6.45) is 0. The molecular weight excluding hydrogens is 288 g/mol. The number of hydrogen-bond acceptors (Lipinski definition) is 3. The van der Waals surface area contributed by atoms with Crippen LogP contribution in [-0.2, 0) is 0 Å². The van der Waals surface area contributed by atoms with Crippen LogP contribution in [0.3, 0.4) is 0 Å². The van der Waals surface area contributed by atoms with Crippen LogP contribution >= 0.6 is 22.9 Å². The van der Waals surface area contributed by atoms with Gasteiger partial charge in [-0.1, -0.05) is 47.2 Å². The van der Waals surface area contributed by atoms with E-state index >= 15 is 0 Å². The highest BCUT2D eigenvalue weighted by atomic mass is 35.5. The molecule has 1 atom stereocenters. The minimum absolute atomic E-state index is 0.202. The molecule has 0 aliphatic heterocycles. The smallest absolute Gasteiger partial charge is 0.184 e. The van der Waals surface area contributed by atoms with Crippen LogP contribution < -0.4 is 5.32 Å². The zero-order chi connectivity index (χ0) is 14.1. The molecule has 3 rings (SSSR count). The molecule has 1 unspecified atom stereocenters. The van der Waals surface area contributed by atoms with E-state index in [-0.39, 0.29) is 6.04 Å². The minimum atomic E-state index is 0.202. The topological polar surface area (TPSA) is 24.9 Å². The summed E-state index contributed by atoms with van der Waals surface area (Å²) >= 11 is 7.61. The van der Waals surface area contributed by atoms with Crippen LogP contribution in [0.5, 0.6) is 0 Å². The van der Waals surface area contributed by atoms with Gasteiger partial charge in [-0.3, -0.25) is 0 Å². The fourth-order valence-electron chi connectivity index (χ4n) is 2.17. The number of rotatable bonds is 3. The van der Waals surface area contributed by atoms with Gasteiger partial charge in [0.1, 0.15) is 0 Å². The van der Waals surface area contributed by atoms with Crippen LogP contribution in [0, 0.1) is 6.92 Å². The number of fused-ring (bicyclic) bond motifs is 1. The van der Waals surface area contributed by atoms with E-state index in [1.54, 1.807) is 11.3 Å². The molecule has 1 N–H and O–H groups in total. The Balaban J connectivity index is 1.85. The second-order valence-electron chi connectivity index (χ2n) is 4.86. The zero-order valence-corrected chi connectivity index (χ0v) is 12.9. The summed E-state index contributed by atoms with van der Waals surface area (Å²) in [5, 5.41) is 5.17. The summed E-state index contributed by atoms with van der Waals surface area (Å²) in [4.78, 5) is 4.68. The van der Waals surface area contributed by atoms with Crippen LogP contribution in [0.4, 0.5) is 5.13 Å². The second kappa shape index (κ2) is 5.43. The van der Waals surface area contributed by atoms with E-state index in [1.165, 1.54) is 15.8 Å². The van der Waals surface area contributed by atoms with Crippen molar-refractivity contribution < 1.29 is 0 Å². The molecule has 0 aliphatic rings. The van der Waals surface area contributed by atoms with E-state index in [2.05, 4.69) is 42.3 Å². The summed E-state index contributed by atoms with van der Waals surface area (Å²) < 4.78 is 1.22. The summed E-state index contributed by atoms with van der Waals surface area (Å²) in [7, 11) is 0. The Hall–Kier alpha value is -1.58. The normalized spacial score (nSPS) is 12.6. The standard InChI is InChI=1S/C16H15ClN2S/c1-10-4-3-5-14-15(10)19-16(20-14)18-11(2)12-6-8-13(17)9-7-12/h3-9,11H,1-2H3,(H,18,19). The first-order valence-corrected chi connectivity index (χ1v) is 7.71. The molecule has 20 heavy (non-hydrogen) atoms. The highest BCUT2D eigenvalue weighted by Gasteiger charge is 2.10. The average molecular weight is 303 g/mol. The van der Waals surface area contributed by atoms with Gasteiger partial charge in [0.25, 0.3) is 0 Å². The van der Waals surface area contributed by atoms with Gasteiger partial charge in [0.2, 0.25) is 0 Å². The van der Waals surface area contributed by atoms with Crippen molar-refractivity contribution in [2.24, 2.45) is 0 Å². The van der Waals surface area contributed by atoms with E-state index in [0.29, 0.717) is 0 Å². The number of halogens is 1. The SMILES string of the molecule is Cc1cccc2sc(NC(C)c3ccc(Cl)cc3)nc12. The fourth-order valence-corrected chi connectivity index (χ4v) is 3.32. The van der Waals surface area contributed by atoms with Crippen molar-refractivity contribution >= 4 is 38.3 Å². The molecule has 0 fully saturated rings. The van der Waals surface area contributed by atoms with Gasteiger partial charge in [-0.05, 0) is 43.2 Å². The number of para-hydroxylation sites is 1. The third kappa shape index (κ3) is 2.65. The van der Waals surface area contributed by atoms with Crippen molar-refractivity contribution in [3.05, 3.63) is 58.6 Å².